The molecule has 1 N–H and O–H groups in total. The third-order valence-corrected chi connectivity index (χ3v) is 7.40. The third kappa shape index (κ3) is 3.64. The predicted octanol–water partition coefficient (Wildman–Crippen LogP) is 3.95. The molecule has 0 bridgehead atoms. The summed E-state index contributed by atoms with van der Waals surface area (Å²) in [7, 11) is 0. The van der Waals surface area contributed by atoms with Crippen LogP contribution in [-0.2, 0) is 6.42 Å². The van der Waals surface area contributed by atoms with Crippen LogP contribution in [0.15, 0.2) is 59.5 Å². The van der Waals surface area contributed by atoms with E-state index in [0.717, 1.165) is 36.2 Å². The summed E-state index contributed by atoms with van der Waals surface area (Å²) in [6.45, 7) is 4.09. The van der Waals surface area contributed by atoms with Gasteiger partial charge in [-0.2, -0.15) is 5.26 Å². The Balaban J connectivity index is 1.25. The quantitative estimate of drug-likeness (QED) is 0.481. The first-order chi connectivity index (χ1) is 17.5. The third-order valence-electron chi connectivity index (χ3n) is 7.40. The molecule has 2 aromatic carbocycles. The number of carbonyl (C=O) groups is 1. The number of amides is 1. The van der Waals surface area contributed by atoms with E-state index in [2.05, 4.69) is 33.9 Å². The Morgan fingerprint density at radius 1 is 1.08 bits per heavy atom. The lowest BCUT2D eigenvalue weighted by molar-refractivity contribution is 0.0989. The van der Waals surface area contributed by atoms with Gasteiger partial charge in [-0.25, -0.2) is 9.78 Å². The van der Waals surface area contributed by atoms with E-state index in [4.69, 9.17) is 0 Å². The zero-order valence-electron chi connectivity index (χ0n) is 20.1. The van der Waals surface area contributed by atoms with E-state index in [-0.39, 0.29) is 17.6 Å². The minimum absolute atomic E-state index is 0.0453. The van der Waals surface area contributed by atoms with E-state index in [1.165, 1.54) is 11.1 Å². The Morgan fingerprint density at radius 2 is 1.92 bits per heavy atom. The first-order valence-corrected chi connectivity index (χ1v) is 12.3. The minimum Gasteiger partial charge on any atom is -0.370 e. The van der Waals surface area contributed by atoms with E-state index in [1.807, 2.05) is 35.2 Å². The van der Waals surface area contributed by atoms with Gasteiger partial charge in [-0.15, -0.1) is 0 Å². The molecule has 1 fully saturated rings. The molecule has 4 aromatic rings. The summed E-state index contributed by atoms with van der Waals surface area (Å²) < 4.78 is 1.80. The van der Waals surface area contributed by atoms with E-state index in [0.29, 0.717) is 36.4 Å². The Morgan fingerprint density at radius 3 is 2.72 bits per heavy atom. The lowest BCUT2D eigenvalue weighted by atomic mass is 10.0. The lowest BCUT2D eigenvalue weighted by Crippen LogP contribution is -2.37. The van der Waals surface area contributed by atoms with Gasteiger partial charge >= 0.3 is 5.69 Å². The number of imidazole rings is 1. The number of hydrogen-bond acceptors (Lipinski definition) is 5. The topological polar surface area (TPSA) is 98.0 Å². The molecule has 2 aliphatic heterocycles. The summed E-state index contributed by atoms with van der Waals surface area (Å²) in [5, 5.41) is 9.77. The maximum absolute atomic E-state index is 13.5. The molecule has 0 radical (unpaired) electrons. The highest BCUT2D eigenvalue weighted by Crippen LogP contribution is 2.33. The standard InChI is InChI=1S/C28H26N6O2/c1-18-4-7-23-19(15-18)8-14-33(23)27(35)20-5-6-21(17-29)25(16-20)32-12-9-22(10-13-32)34-24-3-2-11-30-26(24)31-28(34)36/h2-7,11,15-16,22H,8-10,12-14H2,1H3,(H,30,31,36). The monoisotopic (exact) mass is 478 g/mol. The number of piperidine rings is 1. The van der Waals surface area contributed by atoms with Crippen LogP contribution in [0.3, 0.4) is 0 Å². The number of hydrogen-bond donors (Lipinski definition) is 1. The normalized spacial score (nSPS) is 15.8. The van der Waals surface area contributed by atoms with Gasteiger partial charge in [0.1, 0.15) is 6.07 Å². The highest BCUT2D eigenvalue weighted by Gasteiger charge is 2.28. The SMILES string of the molecule is Cc1ccc2c(c1)CCN2C(=O)c1ccc(C#N)c(N2CCC(n3c(=O)[nH]c4ncccc43)CC2)c1. The molecule has 8 heteroatoms. The molecule has 180 valence electrons. The van der Waals surface area contributed by atoms with Crippen LogP contribution in [-0.4, -0.2) is 40.1 Å². The van der Waals surface area contributed by atoms with Crippen molar-refractivity contribution in [3.8, 4) is 6.07 Å². The zero-order valence-corrected chi connectivity index (χ0v) is 20.1. The molecular formula is C28H26N6O2. The number of pyridine rings is 1. The number of aromatic nitrogens is 3. The molecule has 1 amide bonds. The summed E-state index contributed by atoms with van der Waals surface area (Å²) in [6.07, 6.45) is 4.03. The number of H-pyrrole nitrogens is 1. The Labute approximate surface area is 208 Å². The van der Waals surface area contributed by atoms with Crippen molar-refractivity contribution in [2.24, 2.45) is 0 Å². The van der Waals surface area contributed by atoms with Crippen LogP contribution < -0.4 is 15.5 Å². The van der Waals surface area contributed by atoms with Gasteiger partial charge in [0.15, 0.2) is 5.65 Å². The average Bonchev–Trinajstić information content (AvgIpc) is 3.47. The first kappa shape index (κ1) is 22.1. The fraction of sp³-hybridized carbons (Fsp3) is 0.286. The number of aromatic amines is 1. The second kappa shape index (κ2) is 8.68. The van der Waals surface area contributed by atoms with Crippen LogP contribution in [0.1, 0.15) is 45.9 Å². The molecule has 0 unspecified atom stereocenters. The molecule has 0 aliphatic carbocycles. The van der Waals surface area contributed by atoms with Crippen molar-refractivity contribution >= 4 is 28.4 Å². The van der Waals surface area contributed by atoms with Crippen molar-refractivity contribution in [2.75, 3.05) is 29.4 Å². The molecule has 8 nitrogen and oxygen atoms in total. The van der Waals surface area contributed by atoms with Gasteiger partial charge in [-0.1, -0.05) is 17.7 Å². The summed E-state index contributed by atoms with van der Waals surface area (Å²) >= 11 is 0. The average molecular weight is 479 g/mol. The fourth-order valence-corrected chi connectivity index (χ4v) is 5.60. The van der Waals surface area contributed by atoms with Gasteiger partial charge in [0.05, 0.1) is 16.8 Å². The van der Waals surface area contributed by atoms with Gasteiger partial charge in [0.25, 0.3) is 5.91 Å². The maximum atomic E-state index is 13.5. The number of carbonyl (C=O) groups excluding carboxylic acids is 1. The van der Waals surface area contributed by atoms with Crippen LogP contribution >= 0.6 is 0 Å². The minimum atomic E-state index is -0.145. The van der Waals surface area contributed by atoms with Crippen LogP contribution in [0.25, 0.3) is 11.2 Å². The predicted molar refractivity (Wildman–Crippen MR) is 139 cm³/mol. The number of benzene rings is 2. The van der Waals surface area contributed by atoms with Gasteiger partial charge in [0.2, 0.25) is 0 Å². The molecule has 2 aliphatic rings. The van der Waals surface area contributed by atoms with Crippen molar-refractivity contribution in [2.45, 2.75) is 32.2 Å². The van der Waals surface area contributed by atoms with Crippen LogP contribution in [0.4, 0.5) is 11.4 Å². The van der Waals surface area contributed by atoms with Gasteiger partial charge in [-0.3, -0.25) is 14.3 Å². The second-order valence-corrected chi connectivity index (χ2v) is 9.57. The number of anilines is 2. The zero-order chi connectivity index (χ0) is 24.8. The fourth-order valence-electron chi connectivity index (χ4n) is 5.60. The van der Waals surface area contributed by atoms with E-state index >= 15 is 0 Å². The smallest absolute Gasteiger partial charge is 0.327 e. The molecule has 6 rings (SSSR count). The van der Waals surface area contributed by atoms with Crippen LogP contribution in [0.2, 0.25) is 0 Å². The van der Waals surface area contributed by atoms with Crippen molar-refractivity contribution in [3.63, 3.8) is 0 Å². The maximum Gasteiger partial charge on any atom is 0.327 e. The number of fused-ring (bicyclic) bond motifs is 2. The van der Waals surface area contributed by atoms with Crippen molar-refractivity contribution < 1.29 is 4.79 Å². The molecule has 1 saturated heterocycles. The molecule has 0 saturated carbocycles. The molecule has 0 atom stereocenters. The number of nitrogens with one attached hydrogen (secondary N) is 1. The van der Waals surface area contributed by atoms with E-state index in [9.17, 15) is 14.9 Å². The summed E-state index contributed by atoms with van der Waals surface area (Å²) in [5.74, 6) is -0.0453. The highest BCUT2D eigenvalue weighted by atomic mass is 16.2. The second-order valence-electron chi connectivity index (χ2n) is 9.57. The highest BCUT2D eigenvalue weighted by molar-refractivity contribution is 6.08. The molecule has 36 heavy (non-hydrogen) atoms. The van der Waals surface area contributed by atoms with Crippen LogP contribution in [0.5, 0.6) is 0 Å². The molecule has 2 aromatic heterocycles. The summed E-state index contributed by atoms with van der Waals surface area (Å²) in [4.78, 5) is 37.2. The van der Waals surface area contributed by atoms with E-state index < -0.39 is 0 Å². The Hall–Kier alpha value is -4.38. The van der Waals surface area contributed by atoms with Crippen molar-refractivity contribution in [1.82, 2.24) is 14.5 Å². The number of rotatable bonds is 3. The summed E-state index contributed by atoms with van der Waals surface area (Å²) in [6, 6.07) is 17.6. The Bertz CT molecular complexity index is 1590. The van der Waals surface area contributed by atoms with Crippen LogP contribution in [0, 0.1) is 18.3 Å². The summed E-state index contributed by atoms with van der Waals surface area (Å²) in [5.41, 5.74) is 6.53. The van der Waals surface area contributed by atoms with E-state index in [1.54, 1.807) is 22.9 Å². The van der Waals surface area contributed by atoms with Gasteiger partial charge in [-0.05, 0) is 68.1 Å². The van der Waals surface area contributed by atoms with Crippen molar-refractivity contribution in [1.29, 1.82) is 5.26 Å². The van der Waals surface area contributed by atoms with Gasteiger partial charge < -0.3 is 9.80 Å². The number of nitriles is 1. The van der Waals surface area contributed by atoms with Crippen molar-refractivity contribution in [3.05, 3.63) is 87.5 Å². The number of aryl methyl sites for hydroxylation is 1. The first-order valence-electron chi connectivity index (χ1n) is 12.3. The largest absolute Gasteiger partial charge is 0.370 e. The molecule has 4 heterocycles. The molecular weight excluding hydrogens is 452 g/mol. The lowest BCUT2D eigenvalue weighted by Gasteiger charge is -2.34. The number of nitrogens with zero attached hydrogens (tertiary/aromatic N) is 5. The van der Waals surface area contributed by atoms with Gasteiger partial charge in [0, 0.05) is 43.1 Å². The molecule has 0 spiro atoms. The Kier molecular flexibility index (Phi) is 5.33.